The fraction of sp³-hybridized carbons (Fsp3) is 0.296. The second-order valence-electron chi connectivity index (χ2n) is 17.4. The van der Waals surface area contributed by atoms with E-state index in [2.05, 4.69) is 5.32 Å². The van der Waals surface area contributed by atoms with E-state index < -0.39 is 55.3 Å². The van der Waals surface area contributed by atoms with Gasteiger partial charge in [-0.25, -0.2) is 9.36 Å². The van der Waals surface area contributed by atoms with Gasteiger partial charge in [0.15, 0.2) is 0 Å². The minimum atomic E-state index is -4.95. The molecular weight excluding hydrogens is 886 g/mol. The van der Waals surface area contributed by atoms with Gasteiger partial charge >= 0.3 is 19.9 Å². The van der Waals surface area contributed by atoms with Crippen molar-refractivity contribution in [1.82, 2.24) is 5.32 Å². The molecule has 14 heteroatoms. The zero-order valence-corrected chi connectivity index (χ0v) is 39.9. The smallest absolute Gasteiger partial charge is 0.497 e. The lowest BCUT2D eigenvalue weighted by atomic mass is 9.80. The van der Waals surface area contributed by atoms with Crippen LogP contribution < -0.4 is 19.3 Å². The predicted molar refractivity (Wildman–Crippen MR) is 257 cm³/mol. The van der Waals surface area contributed by atoms with Crippen molar-refractivity contribution < 1.29 is 56.5 Å². The number of phosphoric acid groups is 1. The van der Waals surface area contributed by atoms with Crippen molar-refractivity contribution in [3.63, 3.8) is 0 Å². The van der Waals surface area contributed by atoms with Gasteiger partial charge in [0.1, 0.15) is 48.3 Å². The fourth-order valence-electron chi connectivity index (χ4n) is 8.09. The number of alkyl carbamates (subject to hydrolysis) is 1. The van der Waals surface area contributed by atoms with Crippen molar-refractivity contribution in [3.05, 3.63) is 197 Å². The molecule has 0 aromatic heterocycles. The van der Waals surface area contributed by atoms with E-state index in [1.165, 1.54) is 12.1 Å². The number of amides is 1. The van der Waals surface area contributed by atoms with Crippen molar-refractivity contribution in [3.8, 4) is 17.2 Å². The average Bonchev–Trinajstić information content (AvgIpc) is 3.63. The van der Waals surface area contributed by atoms with Crippen LogP contribution in [0.15, 0.2) is 164 Å². The number of carbonyl (C=O) groups is 2. The lowest BCUT2D eigenvalue weighted by Gasteiger charge is -2.36. The molecule has 1 fully saturated rings. The maximum atomic E-state index is 13.9. The molecule has 6 aromatic carbocycles. The largest absolute Gasteiger partial charge is 0.527 e. The van der Waals surface area contributed by atoms with Gasteiger partial charge in [0.05, 0.1) is 38.4 Å². The third-order valence-electron chi connectivity index (χ3n) is 11.7. The van der Waals surface area contributed by atoms with E-state index in [0.29, 0.717) is 11.5 Å². The van der Waals surface area contributed by atoms with Crippen molar-refractivity contribution in [2.45, 2.75) is 70.2 Å². The van der Waals surface area contributed by atoms with Crippen LogP contribution in [0.25, 0.3) is 0 Å². The van der Waals surface area contributed by atoms with E-state index in [1.54, 1.807) is 54.0 Å². The summed E-state index contributed by atoms with van der Waals surface area (Å²) >= 11 is 0. The number of carbonyl (C=O) groups excluding carboxylic acids is 2. The SMILES string of the molecule is COc1ccc(C(OCc2ccc(OP(=O)(O)OC3C(NC(=O)OCC(c4ccccc4)c4ccccc4)[C@H](C)O[C@@H]3COC(=O)C(C)(C)C)cc2)(c2ccccc2)c2ccc(OC)cc2)cc1. The summed E-state index contributed by atoms with van der Waals surface area (Å²) in [6.45, 7) is 6.57. The second-order valence-corrected chi connectivity index (χ2v) is 18.8. The van der Waals surface area contributed by atoms with Crippen LogP contribution in [0.4, 0.5) is 4.79 Å². The molecule has 7 rings (SSSR count). The number of esters is 1. The molecule has 2 N–H and O–H groups in total. The molecule has 13 nitrogen and oxygen atoms in total. The summed E-state index contributed by atoms with van der Waals surface area (Å²) in [5, 5.41) is 2.79. The van der Waals surface area contributed by atoms with Crippen LogP contribution in [0.5, 0.6) is 17.2 Å². The van der Waals surface area contributed by atoms with Crippen LogP contribution in [0.1, 0.15) is 67.0 Å². The van der Waals surface area contributed by atoms with E-state index in [4.69, 9.17) is 37.5 Å². The van der Waals surface area contributed by atoms with E-state index >= 15 is 0 Å². The van der Waals surface area contributed by atoms with Crippen LogP contribution in [-0.4, -0.2) is 68.7 Å². The summed E-state index contributed by atoms with van der Waals surface area (Å²) in [6.07, 6.45) is -3.93. The zero-order valence-electron chi connectivity index (χ0n) is 39.0. The van der Waals surface area contributed by atoms with E-state index in [-0.39, 0.29) is 31.5 Å². The fourth-order valence-corrected chi connectivity index (χ4v) is 9.10. The Bertz CT molecular complexity index is 2500. The molecule has 1 aliphatic rings. The summed E-state index contributed by atoms with van der Waals surface area (Å²) < 4.78 is 60.8. The minimum absolute atomic E-state index is 0.00118. The molecule has 0 radical (unpaired) electrons. The highest BCUT2D eigenvalue weighted by atomic mass is 31.2. The van der Waals surface area contributed by atoms with Gasteiger partial charge in [-0.1, -0.05) is 127 Å². The summed E-state index contributed by atoms with van der Waals surface area (Å²) in [5.74, 6) is 0.633. The van der Waals surface area contributed by atoms with Crippen LogP contribution in [0.3, 0.4) is 0 Å². The zero-order chi connectivity index (χ0) is 48.3. The van der Waals surface area contributed by atoms with Crippen molar-refractivity contribution in [2.24, 2.45) is 5.41 Å². The normalized spacial score (nSPS) is 18.0. The first-order valence-electron chi connectivity index (χ1n) is 22.3. The molecule has 0 aliphatic carbocycles. The summed E-state index contributed by atoms with van der Waals surface area (Å²) in [4.78, 5) is 37.7. The van der Waals surface area contributed by atoms with Gasteiger partial charge in [0, 0.05) is 5.92 Å². The first-order chi connectivity index (χ1) is 32.7. The number of hydrogen-bond acceptors (Lipinski definition) is 11. The molecular formula is C54H58NO12P. The van der Waals surface area contributed by atoms with Gasteiger partial charge in [-0.05, 0) is 97.5 Å². The van der Waals surface area contributed by atoms with Crippen LogP contribution >= 0.6 is 7.82 Å². The monoisotopic (exact) mass is 943 g/mol. The van der Waals surface area contributed by atoms with Crippen LogP contribution in [-0.2, 0) is 45.0 Å². The van der Waals surface area contributed by atoms with E-state index in [1.807, 2.05) is 140 Å². The minimum Gasteiger partial charge on any atom is -0.497 e. The Balaban J connectivity index is 1.08. The Labute approximate surface area is 397 Å². The molecule has 1 aliphatic heterocycles. The van der Waals surface area contributed by atoms with Crippen LogP contribution in [0, 0.1) is 5.41 Å². The molecule has 356 valence electrons. The van der Waals surface area contributed by atoms with Gasteiger partial charge in [0.2, 0.25) is 0 Å². The van der Waals surface area contributed by atoms with Gasteiger partial charge in [0.25, 0.3) is 0 Å². The van der Waals surface area contributed by atoms with Gasteiger partial charge in [-0.2, -0.15) is 0 Å². The molecule has 3 unspecified atom stereocenters. The molecule has 0 saturated carbocycles. The molecule has 6 aromatic rings. The maximum absolute atomic E-state index is 13.9. The van der Waals surface area contributed by atoms with Crippen molar-refractivity contribution in [2.75, 3.05) is 27.4 Å². The molecule has 68 heavy (non-hydrogen) atoms. The number of benzene rings is 6. The first-order valence-corrected chi connectivity index (χ1v) is 23.8. The summed E-state index contributed by atoms with van der Waals surface area (Å²) in [5.41, 5.74) is 3.32. The highest BCUT2D eigenvalue weighted by Gasteiger charge is 2.49. The summed E-state index contributed by atoms with van der Waals surface area (Å²) in [6, 6.07) is 50.2. The first kappa shape index (κ1) is 49.4. The highest BCUT2D eigenvalue weighted by Crippen LogP contribution is 2.48. The van der Waals surface area contributed by atoms with Gasteiger partial charge in [-0.15, -0.1) is 0 Å². The molecule has 1 saturated heterocycles. The Kier molecular flexibility index (Phi) is 16.1. The van der Waals surface area contributed by atoms with E-state index in [9.17, 15) is 19.0 Å². The molecule has 0 spiro atoms. The van der Waals surface area contributed by atoms with Crippen molar-refractivity contribution >= 4 is 19.9 Å². The Morgan fingerprint density at radius 1 is 0.676 bits per heavy atom. The average molecular weight is 944 g/mol. The number of nitrogens with one attached hydrogen (secondary N) is 1. The quantitative estimate of drug-likeness (QED) is 0.0451. The Morgan fingerprint density at radius 2 is 1.16 bits per heavy atom. The summed E-state index contributed by atoms with van der Waals surface area (Å²) in [7, 11) is -1.72. The van der Waals surface area contributed by atoms with Gasteiger partial charge in [-0.3, -0.25) is 14.2 Å². The number of hydrogen-bond donors (Lipinski definition) is 2. The third kappa shape index (κ3) is 12.2. The topological polar surface area (TPSA) is 157 Å². The third-order valence-corrected chi connectivity index (χ3v) is 12.7. The Hall–Kier alpha value is -6.47. The number of rotatable bonds is 19. The number of ether oxygens (including phenoxy) is 6. The maximum Gasteiger partial charge on any atom is 0.527 e. The molecule has 1 heterocycles. The van der Waals surface area contributed by atoms with Crippen LogP contribution in [0.2, 0.25) is 0 Å². The number of methoxy groups -OCH3 is 2. The highest BCUT2D eigenvalue weighted by molar-refractivity contribution is 7.47. The Morgan fingerprint density at radius 3 is 1.66 bits per heavy atom. The molecule has 5 atom stereocenters. The standard InChI is InChI=1S/C54H58NO12P/c1-37-49(55-52(57)63-35-47(39-16-10-7-11-17-39)40-18-12-8-13-19-40)50(48(65-37)36-62-51(56)53(2,3)4)67-68(58,59)66-46-28-22-38(23-29-46)34-64-54(41-20-14-9-15-21-41,42-24-30-44(60-5)31-25-42)43-26-32-45(61-6)33-27-43/h7-33,37,47-50H,34-36H2,1-6H3,(H,55,57)(H,58,59)/t37-,48+,49?,50?/m0/s1. The van der Waals surface area contributed by atoms with Crippen molar-refractivity contribution in [1.29, 1.82) is 0 Å². The molecule has 1 amide bonds. The lowest BCUT2D eigenvalue weighted by Crippen LogP contribution is -2.49. The number of phosphoric ester groups is 1. The van der Waals surface area contributed by atoms with E-state index in [0.717, 1.165) is 33.4 Å². The lowest BCUT2D eigenvalue weighted by molar-refractivity contribution is -0.158. The second kappa shape index (κ2) is 22.1. The molecule has 0 bridgehead atoms. The predicted octanol–water partition coefficient (Wildman–Crippen LogP) is 10.4. The van der Waals surface area contributed by atoms with Gasteiger partial charge < -0.3 is 38.3 Å².